The summed E-state index contributed by atoms with van der Waals surface area (Å²) in [7, 11) is -4.26. The van der Waals surface area contributed by atoms with Gasteiger partial charge in [-0.3, -0.25) is 0 Å². The van der Waals surface area contributed by atoms with Crippen LogP contribution in [0.15, 0.2) is 53.4 Å². The van der Waals surface area contributed by atoms with Crippen LogP contribution in [-0.4, -0.2) is 15.0 Å². The quantitative estimate of drug-likeness (QED) is 0.771. The second-order valence-electron chi connectivity index (χ2n) is 4.44. The highest BCUT2D eigenvalue weighted by Gasteiger charge is 2.31. The number of ether oxygens (including phenoxy) is 1. The molecule has 0 radical (unpaired) electrons. The first-order valence-electron chi connectivity index (χ1n) is 6.57. The molecule has 2 aromatic rings. The fourth-order valence-corrected chi connectivity index (χ4v) is 2.71. The van der Waals surface area contributed by atoms with Gasteiger partial charge in [0.05, 0.1) is 12.2 Å². The molecular weight excluding hydrogens is 333 g/mol. The monoisotopic (exact) mass is 346 g/mol. The number of halogens is 3. The average Bonchev–Trinajstić information content (AvgIpc) is 2.48. The van der Waals surface area contributed by atoms with Crippen LogP contribution >= 0.6 is 0 Å². The molecule has 23 heavy (non-hydrogen) atoms. The third-order valence-corrected chi connectivity index (χ3v) is 4.07. The van der Waals surface area contributed by atoms with Gasteiger partial charge in [-0.25, -0.2) is 0 Å². The van der Waals surface area contributed by atoms with Gasteiger partial charge >= 0.3 is 16.3 Å². The van der Waals surface area contributed by atoms with Gasteiger partial charge in [-0.2, -0.15) is 21.6 Å². The molecule has 0 atom stereocenters. The second-order valence-corrected chi connectivity index (χ2v) is 5.99. The van der Waals surface area contributed by atoms with E-state index in [1.54, 1.807) is 19.1 Å². The number of rotatable bonds is 5. The smallest absolute Gasteiger partial charge is 0.416 e. The standard InChI is InChI=1S/C15H13F3O4S/c1-2-21-13-5-3-4-6-14(13)22-23(19,20)12-9-7-11(8-10-12)15(16,17)18/h3-10H,2H2,1H3. The lowest BCUT2D eigenvalue weighted by molar-refractivity contribution is -0.137. The molecule has 0 bridgehead atoms. The van der Waals surface area contributed by atoms with Crippen molar-refractivity contribution in [2.45, 2.75) is 18.0 Å². The number of para-hydroxylation sites is 2. The second kappa shape index (κ2) is 6.49. The normalized spacial score (nSPS) is 12.0. The number of hydrogen-bond donors (Lipinski definition) is 0. The van der Waals surface area contributed by atoms with Crippen LogP contribution in [0.25, 0.3) is 0 Å². The van der Waals surface area contributed by atoms with Gasteiger partial charge in [0.1, 0.15) is 4.90 Å². The minimum absolute atomic E-state index is 0.0331. The first-order chi connectivity index (χ1) is 10.7. The van der Waals surface area contributed by atoms with Crippen molar-refractivity contribution in [1.82, 2.24) is 0 Å². The maximum Gasteiger partial charge on any atom is 0.416 e. The van der Waals surface area contributed by atoms with Crippen LogP contribution in [0.4, 0.5) is 13.2 Å². The van der Waals surface area contributed by atoms with Gasteiger partial charge in [0.25, 0.3) is 0 Å². The Labute approximate surface area is 131 Å². The van der Waals surface area contributed by atoms with E-state index in [0.29, 0.717) is 18.7 Å². The summed E-state index contributed by atoms with van der Waals surface area (Å²) in [5.74, 6) is 0.194. The van der Waals surface area contributed by atoms with Crippen LogP contribution in [0.2, 0.25) is 0 Å². The fourth-order valence-electron chi connectivity index (χ4n) is 1.77. The Balaban J connectivity index is 2.29. The molecule has 0 spiro atoms. The Bertz CT molecular complexity index is 768. The van der Waals surface area contributed by atoms with Crippen molar-refractivity contribution >= 4 is 10.1 Å². The van der Waals surface area contributed by atoms with Gasteiger partial charge in [0.2, 0.25) is 0 Å². The lowest BCUT2D eigenvalue weighted by Gasteiger charge is -2.12. The van der Waals surface area contributed by atoms with Crippen LogP contribution in [0.1, 0.15) is 12.5 Å². The number of benzene rings is 2. The molecule has 2 aromatic carbocycles. The summed E-state index contributed by atoms with van der Waals surface area (Å²) in [4.78, 5) is -0.378. The highest BCUT2D eigenvalue weighted by atomic mass is 32.2. The maximum absolute atomic E-state index is 12.5. The predicted octanol–water partition coefficient (Wildman–Crippen LogP) is 3.87. The molecule has 0 aliphatic rings. The maximum atomic E-state index is 12.5. The molecule has 2 rings (SSSR count). The summed E-state index contributed by atoms with van der Waals surface area (Å²) in [5.41, 5.74) is -0.939. The van der Waals surface area contributed by atoms with E-state index in [0.717, 1.165) is 12.1 Å². The lowest BCUT2D eigenvalue weighted by Crippen LogP contribution is -2.12. The van der Waals surface area contributed by atoms with E-state index in [2.05, 4.69) is 0 Å². The summed E-state index contributed by atoms with van der Waals surface area (Å²) >= 11 is 0. The summed E-state index contributed by atoms with van der Waals surface area (Å²) in [6.45, 7) is 2.03. The molecule has 0 N–H and O–H groups in total. The predicted molar refractivity (Wildman–Crippen MR) is 76.9 cm³/mol. The minimum atomic E-state index is -4.54. The third-order valence-electron chi connectivity index (χ3n) is 2.82. The van der Waals surface area contributed by atoms with Crippen LogP contribution in [0.5, 0.6) is 11.5 Å². The third kappa shape index (κ3) is 4.16. The van der Waals surface area contributed by atoms with Crippen molar-refractivity contribution in [2.24, 2.45) is 0 Å². The van der Waals surface area contributed by atoms with Crippen LogP contribution in [0, 0.1) is 0 Å². The molecule has 0 saturated heterocycles. The van der Waals surface area contributed by atoms with E-state index in [1.165, 1.54) is 12.1 Å². The Morgan fingerprint density at radius 1 is 0.957 bits per heavy atom. The van der Waals surface area contributed by atoms with Gasteiger partial charge in [-0.15, -0.1) is 0 Å². The molecule has 0 aliphatic carbocycles. The highest BCUT2D eigenvalue weighted by Crippen LogP contribution is 2.32. The van der Waals surface area contributed by atoms with Crippen LogP contribution < -0.4 is 8.92 Å². The van der Waals surface area contributed by atoms with Crippen molar-refractivity contribution < 1.29 is 30.5 Å². The van der Waals surface area contributed by atoms with E-state index in [1.807, 2.05) is 0 Å². The molecule has 0 unspecified atom stereocenters. The van der Waals surface area contributed by atoms with Crippen LogP contribution in [0.3, 0.4) is 0 Å². The molecule has 0 aliphatic heterocycles. The van der Waals surface area contributed by atoms with Crippen molar-refractivity contribution in [2.75, 3.05) is 6.61 Å². The zero-order valence-corrected chi connectivity index (χ0v) is 12.8. The van der Waals surface area contributed by atoms with Gasteiger partial charge < -0.3 is 8.92 Å². The number of hydrogen-bond acceptors (Lipinski definition) is 4. The summed E-state index contributed by atoms with van der Waals surface area (Å²) < 4.78 is 72.0. The Morgan fingerprint density at radius 2 is 1.52 bits per heavy atom. The zero-order valence-electron chi connectivity index (χ0n) is 12.0. The summed E-state index contributed by atoms with van der Waals surface area (Å²) in [5, 5.41) is 0. The fraction of sp³-hybridized carbons (Fsp3) is 0.200. The molecular formula is C15H13F3O4S. The topological polar surface area (TPSA) is 52.6 Å². The molecule has 0 fully saturated rings. The Morgan fingerprint density at radius 3 is 2.04 bits per heavy atom. The van der Waals surface area contributed by atoms with Gasteiger partial charge in [0, 0.05) is 0 Å². The minimum Gasteiger partial charge on any atom is -0.490 e. The summed E-state index contributed by atoms with van der Waals surface area (Å²) in [6.07, 6.45) is -4.54. The largest absolute Gasteiger partial charge is 0.490 e. The average molecular weight is 346 g/mol. The van der Waals surface area contributed by atoms with Gasteiger partial charge in [-0.05, 0) is 43.3 Å². The van der Waals surface area contributed by atoms with Crippen molar-refractivity contribution in [3.63, 3.8) is 0 Å². The molecule has 0 amide bonds. The lowest BCUT2D eigenvalue weighted by atomic mass is 10.2. The van der Waals surface area contributed by atoms with Crippen LogP contribution in [-0.2, 0) is 16.3 Å². The molecule has 0 aromatic heterocycles. The first-order valence-corrected chi connectivity index (χ1v) is 7.98. The van der Waals surface area contributed by atoms with Gasteiger partial charge in [-0.1, -0.05) is 12.1 Å². The van der Waals surface area contributed by atoms with E-state index >= 15 is 0 Å². The zero-order chi connectivity index (χ0) is 17.1. The van der Waals surface area contributed by atoms with E-state index in [-0.39, 0.29) is 16.4 Å². The number of alkyl halides is 3. The van der Waals surface area contributed by atoms with Crippen molar-refractivity contribution in [1.29, 1.82) is 0 Å². The highest BCUT2D eigenvalue weighted by molar-refractivity contribution is 7.87. The summed E-state index contributed by atoms with van der Waals surface area (Å²) in [6, 6.07) is 9.19. The first kappa shape index (κ1) is 17.1. The molecule has 8 heteroatoms. The van der Waals surface area contributed by atoms with Crippen molar-refractivity contribution in [3.8, 4) is 11.5 Å². The molecule has 4 nitrogen and oxygen atoms in total. The molecule has 0 heterocycles. The Hall–Kier alpha value is -2.22. The van der Waals surface area contributed by atoms with E-state index in [9.17, 15) is 21.6 Å². The molecule has 0 saturated carbocycles. The van der Waals surface area contributed by atoms with E-state index in [4.69, 9.17) is 8.92 Å². The molecule has 124 valence electrons. The van der Waals surface area contributed by atoms with E-state index < -0.39 is 21.9 Å². The SMILES string of the molecule is CCOc1ccccc1OS(=O)(=O)c1ccc(C(F)(F)F)cc1. The van der Waals surface area contributed by atoms with Crippen molar-refractivity contribution in [3.05, 3.63) is 54.1 Å². The van der Waals surface area contributed by atoms with Gasteiger partial charge in [0.15, 0.2) is 11.5 Å². The Kier molecular flexibility index (Phi) is 4.84.